The number of pyridine rings is 1. The Labute approximate surface area is 149 Å². The third-order valence-electron chi connectivity index (χ3n) is 4.61. The quantitative estimate of drug-likeness (QED) is 0.687. The fourth-order valence-electron chi connectivity index (χ4n) is 3.15. The van der Waals surface area contributed by atoms with Crippen molar-refractivity contribution < 1.29 is 18.0 Å². The molecule has 0 bridgehead atoms. The van der Waals surface area contributed by atoms with E-state index in [1.807, 2.05) is 39.8 Å². The smallest absolute Gasteiger partial charge is 0.297 e. The van der Waals surface area contributed by atoms with Gasteiger partial charge >= 0.3 is 6.18 Å². The summed E-state index contributed by atoms with van der Waals surface area (Å²) in [6.07, 6.45) is -2.00. The molecule has 1 heterocycles. The molecule has 25 heavy (non-hydrogen) atoms. The summed E-state index contributed by atoms with van der Waals surface area (Å²) in [6.45, 7) is 7.70. The molecule has 1 aliphatic carbocycles. The summed E-state index contributed by atoms with van der Waals surface area (Å²) in [5.41, 5.74) is -0.380. The molecule has 0 aromatic carbocycles. The molecule has 0 unspecified atom stereocenters. The lowest BCUT2D eigenvalue weighted by Crippen LogP contribution is -2.18. The third kappa shape index (κ3) is 3.72. The monoisotopic (exact) mass is 370 g/mol. The summed E-state index contributed by atoms with van der Waals surface area (Å²) in [5, 5.41) is 9.08. The fourth-order valence-corrected chi connectivity index (χ4v) is 3.42. The molecule has 0 N–H and O–H groups in total. The number of nitrogens with zero attached hydrogens (tertiary/aromatic N) is 2. The van der Waals surface area contributed by atoms with Gasteiger partial charge in [-0.25, -0.2) is 0 Å². The van der Waals surface area contributed by atoms with Crippen LogP contribution in [0, 0.1) is 28.6 Å². The molecular formula is C18H18ClF3N2O. The number of aromatic nitrogens is 1. The summed E-state index contributed by atoms with van der Waals surface area (Å²) < 4.78 is 38.2. The highest BCUT2D eigenvalue weighted by Crippen LogP contribution is 2.61. The zero-order valence-corrected chi connectivity index (χ0v) is 15.0. The lowest BCUT2D eigenvalue weighted by molar-refractivity contribution is -0.137. The van der Waals surface area contributed by atoms with Gasteiger partial charge in [-0.3, -0.25) is 9.78 Å². The van der Waals surface area contributed by atoms with Gasteiger partial charge in [0.25, 0.3) is 0 Å². The van der Waals surface area contributed by atoms with E-state index in [1.54, 1.807) is 0 Å². The van der Waals surface area contributed by atoms with Crippen molar-refractivity contribution in [2.75, 3.05) is 0 Å². The van der Waals surface area contributed by atoms with Crippen molar-refractivity contribution in [1.82, 2.24) is 4.98 Å². The molecule has 3 atom stereocenters. The van der Waals surface area contributed by atoms with Gasteiger partial charge in [-0.2, -0.15) is 18.4 Å². The van der Waals surface area contributed by atoms with Gasteiger partial charge in [-0.05, 0) is 31.2 Å². The maximum absolute atomic E-state index is 12.8. The Bertz CT molecular complexity index is 774. The largest absolute Gasteiger partial charge is 0.417 e. The van der Waals surface area contributed by atoms with Crippen LogP contribution < -0.4 is 0 Å². The molecule has 1 aromatic rings. The standard InChI is InChI=1S/C18H18ClF3N2O/c1-9(2)5-12-14(17(12,3)4)16(25)11(7-23)15-13(19)6-10(8-24-15)18(20,21)22/h5-6,8,11-12,14H,1-4H3/t11-,12+,14+/m0/s1. The van der Waals surface area contributed by atoms with E-state index in [0.29, 0.717) is 12.3 Å². The van der Waals surface area contributed by atoms with Gasteiger partial charge in [0.05, 0.1) is 22.3 Å². The predicted octanol–water partition coefficient (Wildman–Crippen LogP) is 5.17. The predicted molar refractivity (Wildman–Crippen MR) is 87.8 cm³/mol. The highest BCUT2D eigenvalue weighted by molar-refractivity contribution is 6.31. The van der Waals surface area contributed by atoms with E-state index in [1.165, 1.54) is 0 Å². The van der Waals surface area contributed by atoms with Crippen LogP contribution in [-0.2, 0) is 11.0 Å². The molecule has 1 fully saturated rings. The average molecular weight is 371 g/mol. The lowest BCUT2D eigenvalue weighted by Gasteiger charge is -2.13. The molecule has 1 aromatic heterocycles. The minimum Gasteiger partial charge on any atom is -0.297 e. The molecule has 3 nitrogen and oxygen atoms in total. The Balaban J connectivity index is 2.34. The summed E-state index contributed by atoms with van der Waals surface area (Å²) in [7, 11) is 0. The van der Waals surface area contributed by atoms with Crippen molar-refractivity contribution in [3.63, 3.8) is 0 Å². The SMILES string of the molecule is CC(C)=C[C@@H]1[C@H](C(=O)[C@@H](C#N)c2ncc(C(F)(F)F)cc2Cl)C1(C)C. The molecule has 1 saturated carbocycles. The first kappa shape index (κ1) is 19.5. The van der Waals surface area contributed by atoms with Gasteiger partial charge in [0.2, 0.25) is 0 Å². The average Bonchev–Trinajstić information content (AvgIpc) is 3.00. The second-order valence-electron chi connectivity index (χ2n) is 7.12. The van der Waals surface area contributed by atoms with Crippen LogP contribution in [0.15, 0.2) is 23.9 Å². The van der Waals surface area contributed by atoms with Gasteiger partial charge in [0.15, 0.2) is 5.78 Å². The number of carbonyl (C=O) groups is 1. The minimum atomic E-state index is -4.59. The van der Waals surface area contributed by atoms with E-state index in [-0.39, 0.29) is 33.8 Å². The van der Waals surface area contributed by atoms with Crippen molar-refractivity contribution in [1.29, 1.82) is 5.26 Å². The molecule has 0 saturated heterocycles. The maximum Gasteiger partial charge on any atom is 0.417 e. The van der Waals surface area contributed by atoms with Crippen LogP contribution in [0.4, 0.5) is 13.2 Å². The second-order valence-corrected chi connectivity index (χ2v) is 7.53. The van der Waals surface area contributed by atoms with Gasteiger partial charge in [-0.15, -0.1) is 0 Å². The number of rotatable bonds is 4. The lowest BCUT2D eigenvalue weighted by atomic mass is 9.94. The number of alkyl halides is 3. The maximum atomic E-state index is 12.8. The second kappa shape index (κ2) is 6.45. The van der Waals surface area contributed by atoms with E-state index < -0.39 is 17.7 Å². The Morgan fingerprint density at radius 2 is 2.04 bits per heavy atom. The van der Waals surface area contributed by atoms with Crippen LogP contribution in [-0.4, -0.2) is 10.8 Å². The van der Waals surface area contributed by atoms with Crippen molar-refractivity contribution in [3.05, 3.63) is 40.2 Å². The first-order valence-electron chi connectivity index (χ1n) is 7.72. The number of nitriles is 1. The molecule has 134 valence electrons. The topological polar surface area (TPSA) is 53.8 Å². The first-order chi connectivity index (χ1) is 11.4. The number of allylic oxidation sites excluding steroid dienone is 2. The molecule has 0 spiro atoms. The van der Waals surface area contributed by atoms with E-state index in [9.17, 15) is 23.2 Å². The van der Waals surface area contributed by atoms with Gasteiger partial charge < -0.3 is 0 Å². The summed E-state index contributed by atoms with van der Waals surface area (Å²) in [5.74, 6) is -2.03. The van der Waals surface area contributed by atoms with Crippen molar-refractivity contribution in [3.8, 4) is 6.07 Å². The van der Waals surface area contributed by atoms with Crippen LogP contribution >= 0.6 is 11.6 Å². The normalized spacial score (nSPS) is 22.7. The molecule has 1 aliphatic rings. The van der Waals surface area contributed by atoms with E-state index >= 15 is 0 Å². The molecule has 0 radical (unpaired) electrons. The Morgan fingerprint density at radius 3 is 2.48 bits per heavy atom. The zero-order chi connectivity index (χ0) is 19.2. The minimum absolute atomic E-state index is 0.00549. The van der Waals surface area contributed by atoms with Gasteiger partial charge in [-0.1, -0.05) is 37.1 Å². The number of hydrogen-bond donors (Lipinski definition) is 0. The van der Waals surface area contributed by atoms with Crippen LogP contribution in [0.2, 0.25) is 5.02 Å². The third-order valence-corrected chi connectivity index (χ3v) is 4.92. The van der Waals surface area contributed by atoms with Crippen LogP contribution in [0.3, 0.4) is 0 Å². The first-order valence-corrected chi connectivity index (χ1v) is 8.10. The zero-order valence-electron chi connectivity index (χ0n) is 14.3. The fraction of sp³-hybridized carbons (Fsp3) is 0.500. The molecule has 0 aliphatic heterocycles. The van der Waals surface area contributed by atoms with Crippen LogP contribution in [0.5, 0.6) is 0 Å². The Kier molecular flexibility index (Phi) is 5.02. The van der Waals surface area contributed by atoms with Gasteiger partial charge in [0.1, 0.15) is 5.92 Å². The van der Waals surface area contributed by atoms with Crippen LogP contribution in [0.1, 0.15) is 44.9 Å². The number of Topliss-reactive ketones (excluding diaryl/α,β-unsaturated/α-hetero) is 1. The van der Waals surface area contributed by atoms with E-state index in [2.05, 4.69) is 4.98 Å². The molecule has 0 amide bonds. The molecular weight excluding hydrogens is 353 g/mol. The summed E-state index contributed by atoms with van der Waals surface area (Å²) in [4.78, 5) is 16.5. The molecule has 2 rings (SSSR count). The number of halogens is 4. The highest BCUT2D eigenvalue weighted by Gasteiger charge is 2.61. The molecule has 7 heteroatoms. The van der Waals surface area contributed by atoms with Crippen molar-refractivity contribution >= 4 is 17.4 Å². The van der Waals surface area contributed by atoms with Crippen molar-refractivity contribution in [2.45, 2.75) is 39.8 Å². The Morgan fingerprint density at radius 1 is 1.44 bits per heavy atom. The number of carbonyl (C=O) groups excluding carboxylic acids is 1. The van der Waals surface area contributed by atoms with E-state index in [0.717, 1.165) is 5.57 Å². The highest BCUT2D eigenvalue weighted by atomic mass is 35.5. The van der Waals surface area contributed by atoms with Crippen LogP contribution in [0.25, 0.3) is 0 Å². The van der Waals surface area contributed by atoms with Gasteiger partial charge in [0, 0.05) is 12.1 Å². The summed E-state index contributed by atoms with van der Waals surface area (Å²) in [6, 6.07) is 2.55. The number of ketones is 1. The van der Waals surface area contributed by atoms with Crippen molar-refractivity contribution in [2.24, 2.45) is 17.3 Å². The van der Waals surface area contributed by atoms with E-state index in [4.69, 9.17) is 11.6 Å². The Hall–Kier alpha value is -1.87. The summed E-state index contributed by atoms with van der Waals surface area (Å²) >= 11 is 5.89. The number of hydrogen-bond acceptors (Lipinski definition) is 3.